The number of carboxylic acid groups (broad SMARTS) is 1. The first-order chi connectivity index (χ1) is 7.41. The van der Waals surface area contributed by atoms with Gasteiger partial charge in [-0.05, 0) is 40.3 Å². The van der Waals surface area contributed by atoms with Crippen LogP contribution in [0.3, 0.4) is 0 Å². The molecule has 0 aromatic carbocycles. The molecule has 0 amide bonds. The molecular formula is C12H26N2O2. The molecule has 4 heteroatoms. The summed E-state index contributed by atoms with van der Waals surface area (Å²) in [6.07, 6.45) is 2.83. The van der Waals surface area contributed by atoms with Crippen LogP contribution < -0.4 is 5.32 Å². The smallest absolute Gasteiger partial charge is 0.323 e. The van der Waals surface area contributed by atoms with Gasteiger partial charge in [0, 0.05) is 12.6 Å². The number of likely N-dealkylation sites (N-methyl/N-ethyl adjacent to an activating group) is 1. The minimum atomic E-state index is -0.819. The van der Waals surface area contributed by atoms with Gasteiger partial charge in [0.05, 0.1) is 0 Å². The zero-order chi connectivity index (χ0) is 12.8. The minimum Gasteiger partial charge on any atom is -0.480 e. The zero-order valence-corrected chi connectivity index (χ0v) is 11.2. The largest absolute Gasteiger partial charge is 0.480 e. The van der Waals surface area contributed by atoms with E-state index in [2.05, 4.69) is 31.1 Å². The third-order valence-corrected chi connectivity index (χ3v) is 3.55. The van der Waals surface area contributed by atoms with E-state index in [0.717, 1.165) is 19.4 Å². The highest BCUT2D eigenvalue weighted by Crippen LogP contribution is 2.13. The van der Waals surface area contributed by atoms with Crippen LogP contribution >= 0.6 is 0 Å². The fraction of sp³-hybridized carbons (Fsp3) is 0.917. The summed E-state index contributed by atoms with van der Waals surface area (Å²) in [5.74, 6) is -0.784. The number of nitrogens with zero attached hydrogens (tertiary/aromatic N) is 1. The van der Waals surface area contributed by atoms with Crippen molar-refractivity contribution in [2.45, 2.75) is 51.6 Å². The first-order valence-electron chi connectivity index (χ1n) is 6.03. The molecule has 0 bridgehead atoms. The van der Waals surface area contributed by atoms with Crippen LogP contribution in [0.4, 0.5) is 0 Å². The fourth-order valence-electron chi connectivity index (χ4n) is 1.83. The van der Waals surface area contributed by atoms with Gasteiger partial charge in [-0.15, -0.1) is 0 Å². The Morgan fingerprint density at radius 3 is 2.25 bits per heavy atom. The van der Waals surface area contributed by atoms with Crippen LogP contribution in [0.15, 0.2) is 0 Å². The second kappa shape index (κ2) is 6.86. The topological polar surface area (TPSA) is 52.6 Å². The van der Waals surface area contributed by atoms with E-state index in [4.69, 9.17) is 5.11 Å². The summed E-state index contributed by atoms with van der Waals surface area (Å²) in [6.45, 7) is 6.87. The average Bonchev–Trinajstić information content (AvgIpc) is 2.27. The summed E-state index contributed by atoms with van der Waals surface area (Å²) in [5, 5.41) is 12.0. The lowest BCUT2D eigenvalue weighted by atomic mass is 9.97. The number of hydrogen-bond donors (Lipinski definition) is 2. The Balaban J connectivity index is 4.26. The van der Waals surface area contributed by atoms with Gasteiger partial charge in [0.1, 0.15) is 5.54 Å². The second-order valence-electron chi connectivity index (χ2n) is 4.59. The average molecular weight is 230 g/mol. The van der Waals surface area contributed by atoms with Gasteiger partial charge in [-0.3, -0.25) is 4.79 Å². The van der Waals surface area contributed by atoms with Gasteiger partial charge in [0.25, 0.3) is 0 Å². The number of carboxylic acids is 1. The van der Waals surface area contributed by atoms with Gasteiger partial charge in [0.15, 0.2) is 0 Å². The second-order valence-corrected chi connectivity index (χ2v) is 4.59. The first-order valence-corrected chi connectivity index (χ1v) is 6.03. The van der Waals surface area contributed by atoms with Crippen LogP contribution in [0.2, 0.25) is 0 Å². The van der Waals surface area contributed by atoms with Gasteiger partial charge in [-0.2, -0.15) is 0 Å². The van der Waals surface area contributed by atoms with Crippen molar-refractivity contribution >= 4 is 5.97 Å². The maximum atomic E-state index is 11.1. The lowest BCUT2D eigenvalue weighted by molar-refractivity contribution is -0.144. The molecule has 0 saturated carbocycles. The van der Waals surface area contributed by atoms with Crippen LogP contribution in [-0.2, 0) is 4.79 Å². The van der Waals surface area contributed by atoms with E-state index in [9.17, 15) is 4.79 Å². The quantitative estimate of drug-likeness (QED) is 0.664. The predicted molar refractivity (Wildman–Crippen MR) is 66.7 cm³/mol. The van der Waals surface area contributed by atoms with Crippen molar-refractivity contribution in [3.8, 4) is 0 Å². The van der Waals surface area contributed by atoms with Crippen molar-refractivity contribution in [1.82, 2.24) is 10.2 Å². The molecule has 2 N–H and O–H groups in total. The summed E-state index contributed by atoms with van der Waals surface area (Å²) in [4.78, 5) is 13.3. The summed E-state index contributed by atoms with van der Waals surface area (Å²) in [6, 6.07) is 0.551. The van der Waals surface area contributed by atoms with Crippen LogP contribution in [-0.4, -0.2) is 48.2 Å². The molecule has 1 unspecified atom stereocenters. The number of hydrogen-bond acceptors (Lipinski definition) is 3. The molecule has 0 saturated heterocycles. The van der Waals surface area contributed by atoms with E-state index in [0.29, 0.717) is 12.5 Å². The van der Waals surface area contributed by atoms with E-state index >= 15 is 0 Å². The molecule has 0 rings (SSSR count). The number of carbonyl (C=O) groups is 1. The normalized spacial score (nSPS) is 15.4. The van der Waals surface area contributed by atoms with Crippen molar-refractivity contribution < 1.29 is 9.90 Å². The summed E-state index contributed by atoms with van der Waals surface area (Å²) >= 11 is 0. The first kappa shape index (κ1) is 15.4. The van der Waals surface area contributed by atoms with Gasteiger partial charge in [-0.1, -0.05) is 13.8 Å². The van der Waals surface area contributed by atoms with Crippen LogP contribution in [0.5, 0.6) is 0 Å². The Kier molecular flexibility index (Phi) is 6.60. The Bertz CT molecular complexity index is 217. The van der Waals surface area contributed by atoms with Crippen LogP contribution in [0.25, 0.3) is 0 Å². The Morgan fingerprint density at radius 2 is 1.94 bits per heavy atom. The van der Waals surface area contributed by atoms with E-state index in [1.165, 1.54) is 0 Å². The van der Waals surface area contributed by atoms with Crippen molar-refractivity contribution in [2.75, 3.05) is 20.6 Å². The number of nitrogens with one attached hydrogen (secondary N) is 1. The molecule has 0 fully saturated rings. The molecule has 4 nitrogen and oxygen atoms in total. The van der Waals surface area contributed by atoms with Crippen molar-refractivity contribution in [3.05, 3.63) is 0 Å². The summed E-state index contributed by atoms with van der Waals surface area (Å²) in [5.41, 5.74) is -0.819. The van der Waals surface area contributed by atoms with E-state index in [-0.39, 0.29) is 0 Å². The lowest BCUT2D eigenvalue weighted by Crippen LogP contribution is -2.50. The van der Waals surface area contributed by atoms with Gasteiger partial charge in [-0.25, -0.2) is 0 Å². The molecule has 96 valence electrons. The molecule has 0 aliphatic carbocycles. The third kappa shape index (κ3) is 4.10. The highest BCUT2D eigenvalue weighted by atomic mass is 16.4. The highest BCUT2D eigenvalue weighted by Gasteiger charge is 2.31. The molecule has 0 radical (unpaired) electrons. The van der Waals surface area contributed by atoms with Gasteiger partial charge >= 0.3 is 5.97 Å². The highest BCUT2D eigenvalue weighted by molar-refractivity contribution is 5.78. The third-order valence-electron chi connectivity index (χ3n) is 3.55. The van der Waals surface area contributed by atoms with E-state index in [1.807, 2.05) is 0 Å². The molecule has 0 aliphatic heterocycles. The maximum Gasteiger partial charge on any atom is 0.323 e. The van der Waals surface area contributed by atoms with Gasteiger partial charge < -0.3 is 15.3 Å². The molecule has 0 spiro atoms. The molecule has 16 heavy (non-hydrogen) atoms. The van der Waals surface area contributed by atoms with Gasteiger partial charge in [0.2, 0.25) is 0 Å². The molecule has 0 aliphatic rings. The maximum absolute atomic E-state index is 11.1. The Labute approximate surface area is 99.0 Å². The SMILES string of the molecule is CCC(CC)N(C)CCC(C)(NC)C(=O)O. The number of rotatable bonds is 8. The van der Waals surface area contributed by atoms with Crippen molar-refractivity contribution in [2.24, 2.45) is 0 Å². The lowest BCUT2D eigenvalue weighted by Gasteiger charge is -2.30. The fourth-order valence-corrected chi connectivity index (χ4v) is 1.83. The zero-order valence-electron chi connectivity index (χ0n) is 11.2. The predicted octanol–water partition coefficient (Wildman–Crippen LogP) is 1.56. The molecule has 0 aromatic rings. The monoisotopic (exact) mass is 230 g/mol. The van der Waals surface area contributed by atoms with E-state index < -0.39 is 11.5 Å². The standard InChI is InChI=1S/C12H26N2O2/c1-6-10(7-2)14(5)9-8-12(3,13-4)11(15)16/h10,13H,6-9H2,1-5H3,(H,15,16). The number of aliphatic carboxylic acids is 1. The summed E-state index contributed by atoms with van der Waals surface area (Å²) in [7, 11) is 3.76. The van der Waals surface area contributed by atoms with Crippen molar-refractivity contribution in [1.29, 1.82) is 0 Å². The Hall–Kier alpha value is -0.610. The van der Waals surface area contributed by atoms with Crippen LogP contribution in [0.1, 0.15) is 40.0 Å². The van der Waals surface area contributed by atoms with Crippen molar-refractivity contribution in [3.63, 3.8) is 0 Å². The van der Waals surface area contributed by atoms with E-state index in [1.54, 1.807) is 14.0 Å². The molecule has 1 atom stereocenters. The van der Waals surface area contributed by atoms with Crippen LogP contribution in [0, 0.1) is 0 Å². The minimum absolute atomic E-state index is 0.551. The Morgan fingerprint density at radius 1 is 1.44 bits per heavy atom. The summed E-state index contributed by atoms with van der Waals surface area (Å²) < 4.78 is 0. The molecule has 0 heterocycles. The molecule has 0 aromatic heterocycles. The molecular weight excluding hydrogens is 204 g/mol.